The van der Waals surface area contributed by atoms with Gasteiger partial charge in [-0.3, -0.25) is 9.48 Å². The van der Waals surface area contributed by atoms with E-state index in [9.17, 15) is 13.2 Å². The van der Waals surface area contributed by atoms with Gasteiger partial charge in [-0.1, -0.05) is 0 Å². The Bertz CT molecular complexity index is 583. The summed E-state index contributed by atoms with van der Waals surface area (Å²) in [4.78, 5) is 11.4. The van der Waals surface area contributed by atoms with E-state index >= 15 is 0 Å². The number of morpholine rings is 1. The fraction of sp³-hybridized carbons (Fsp3) is 0.636. The van der Waals surface area contributed by atoms with Gasteiger partial charge in [0.1, 0.15) is 4.90 Å². The summed E-state index contributed by atoms with van der Waals surface area (Å²) in [6.45, 7) is 0.641. The smallest absolute Gasteiger partial charge is 0.308 e. The van der Waals surface area contributed by atoms with Gasteiger partial charge in [-0.2, -0.15) is 9.40 Å². The molecule has 0 radical (unpaired) electrons. The van der Waals surface area contributed by atoms with E-state index < -0.39 is 22.1 Å². The number of ether oxygens (including phenoxy) is 2. The Labute approximate surface area is 117 Å². The Kier molecular flexibility index (Phi) is 4.41. The van der Waals surface area contributed by atoms with Crippen molar-refractivity contribution < 1.29 is 22.7 Å². The van der Waals surface area contributed by atoms with Gasteiger partial charge in [-0.05, 0) is 0 Å². The maximum Gasteiger partial charge on any atom is 0.308 e. The van der Waals surface area contributed by atoms with E-state index in [2.05, 4.69) is 9.84 Å². The standard InChI is InChI=1S/C11H17N3O5S/c1-13-8-10(6-12-13)20(16,17)14-3-4-19-9(7-14)5-11(15)18-2/h6,8-9H,3-5,7H2,1-2H3. The first-order valence-corrected chi connectivity index (χ1v) is 7.54. The van der Waals surface area contributed by atoms with Crippen LogP contribution in [0.15, 0.2) is 17.3 Å². The van der Waals surface area contributed by atoms with Crippen LogP contribution in [0.3, 0.4) is 0 Å². The minimum atomic E-state index is -3.60. The summed E-state index contributed by atoms with van der Waals surface area (Å²) in [7, 11) is -0.661. The first-order valence-electron chi connectivity index (χ1n) is 6.10. The third-order valence-corrected chi connectivity index (χ3v) is 4.86. The second kappa shape index (κ2) is 5.90. The molecule has 0 N–H and O–H groups in total. The molecule has 0 saturated carbocycles. The summed E-state index contributed by atoms with van der Waals surface area (Å²) < 4.78 is 37.5. The molecule has 1 aliphatic rings. The van der Waals surface area contributed by atoms with E-state index in [1.165, 1.54) is 28.5 Å². The summed E-state index contributed by atoms with van der Waals surface area (Å²) >= 11 is 0. The molecule has 20 heavy (non-hydrogen) atoms. The lowest BCUT2D eigenvalue weighted by molar-refractivity contribution is -0.145. The van der Waals surface area contributed by atoms with E-state index in [0.29, 0.717) is 0 Å². The normalized spacial score (nSPS) is 20.8. The fourth-order valence-corrected chi connectivity index (χ4v) is 3.43. The van der Waals surface area contributed by atoms with E-state index in [4.69, 9.17) is 4.74 Å². The predicted molar refractivity (Wildman–Crippen MR) is 68.3 cm³/mol. The number of carbonyl (C=O) groups excluding carboxylic acids is 1. The summed E-state index contributed by atoms with van der Waals surface area (Å²) in [6.07, 6.45) is 2.30. The van der Waals surface area contributed by atoms with Gasteiger partial charge in [-0.15, -0.1) is 0 Å². The lowest BCUT2D eigenvalue weighted by Crippen LogP contribution is -2.46. The zero-order chi connectivity index (χ0) is 14.8. The summed E-state index contributed by atoms with van der Waals surface area (Å²) in [5.74, 6) is -0.421. The first kappa shape index (κ1) is 14.9. The monoisotopic (exact) mass is 303 g/mol. The minimum Gasteiger partial charge on any atom is -0.469 e. The highest BCUT2D eigenvalue weighted by atomic mass is 32.2. The number of hydrogen-bond acceptors (Lipinski definition) is 6. The molecular formula is C11H17N3O5S. The fourth-order valence-electron chi connectivity index (χ4n) is 1.98. The minimum absolute atomic E-state index is 0.0373. The Balaban J connectivity index is 2.10. The Morgan fingerprint density at radius 2 is 2.35 bits per heavy atom. The van der Waals surface area contributed by atoms with Crippen molar-refractivity contribution in [1.82, 2.24) is 14.1 Å². The molecule has 2 rings (SSSR count). The van der Waals surface area contributed by atoms with Crippen molar-refractivity contribution in [2.75, 3.05) is 26.8 Å². The van der Waals surface area contributed by atoms with Gasteiger partial charge in [0.15, 0.2) is 0 Å². The molecule has 9 heteroatoms. The largest absolute Gasteiger partial charge is 0.469 e. The highest BCUT2D eigenvalue weighted by molar-refractivity contribution is 7.89. The van der Waals surface area contributed by atoms with Crippen molar-refractivity contribution in [3.63, 3.8) is 0 Å². The van der Waals surface area contributed by atoms with Crippen LogP contribution in [0.25, 0.3) is 0 Å². The maximum absolute atomic E-state index is 12.4. The summed E-state index contributed by atoms with van der Waals surface area (Å²) in [5.41, 5.74) is 0. The van der Waals surface area contributed by atoms with Crippen molar-refractivity contribution in [3.05, 3.63) is 12.4 Å². The zero-order valence-electron chi connectivity index (χ0n) is 11.4. The number of esters is 1. The molecule has 1 aliphatic heterocycles. The highest BCUT2D eigenvalue weighted by Gasteiger charge is 2.32. The number of hydrogen-bond donors (Lipinski definition) is 0. The van der Waals surface area contributed by atoms with Crippen molar-refractivity contribution >= 4 is 16.0 Å². The summed E-state index contributed by atoms with van der Waals surface area (Å²) in [5, 5.41) is 3.86. The molecule has 0 amide bonds. The van der Waals surface area contributed by atoms with Gasteiger partial charge < -0.3 is 9.47 Å². The molecule has 112 valence electrons. The van der Waals surface area contributed by atoms with Crippen molar-refractivity contribution in [1.29, 1.82) is 0 Å². The van der Waals surface area contributed by atoms with Gasteiger partial charge in [0.25, 0.3) is 0 Å². The SMILES string of the molecule is COC(=O)CC1CN(S(=O)(=O)c2cnn(C)c2)CCO1. The van der Waals surface area contributed by atoms with Gasteiger partial charge in [0.2, 0.25) is 10.0 Å². The molecule has 1 saturated heterocycles. The topological polar surface area (TPSA) is 90.7 Å². The lowest BCUT2D eigenvalue weighted by atomic mass is 10.2. The van der Waals surface area contributed by atoms with Crippen molar-refractivity contribution in [2.24, 2.45) is 7.05 Å². The molecule has 1 unspecified atom stereocenters. The van der Waals surface area contributed by atoms with E-state index in [1.54, 1.807) is 7.05 Å². The molecule has 0 aliphatic carbocycles. The Hall–Kier alpha value is -1.45. The molecule has 0 spiro atoms. The number of rotatable bonds is 4. The predicted octanol–water partition coefficient (Wildman–Crippen LogP) is -0.627. The third kappa shape index (κ3) is 3.17. The molecule has 0 bridgehead atoms. The molecule has 8 nitrogen and oxygen atoms in total. The van der Waals surface area contributed by atoms with Crippen LogP contribution in [-0.2, 0) is 31.3 Å². The lowest BCUT2D eigenvalue weighted by Gasteiger charge is -2.31. The van der Waals surface area contributed by atoms with Crippen molar-refractivity contribution in [2.45, 2.75) is 17.4 Å². The van der Waals surface area contributed by atoms with Crippen LogP contribution in [0.5, 0.6) is 0 Å². The summed E-state index contributed by atoms with van der Waals surface area (Å²) in [6, 6.07) is 0. The molecule has 1 aromatic heterocycles. The molecule has 1 fully saturated rings. The molecule has 1 aromatic rings. The van der Waals surface area contributed by atoms with E-state index in [1.807, 2.05) is 0 Å². The van der Waals surface area contributed by atoms with Crippen LogP contribution in [0.1, 0.15) is 6.42 Å². The zero-order valence-corrected chi connectivity index (χ0v) is 12.2. The number of methoxy groups -OCH3 is 1. The molecule has 1 atom stereocenters. The van der Waals surface area contributed by atoms with Gasteiger partial charge >= 0.3 is 5.97 Å². The maximum atomic E-state index is 12.4. The molecule has 0 aromatic carbocycles. The third-order valence-electron chi connectivity index (χ3n) is 3.04. The van der Waals surface area contributed by atoms with E-state index in [0.717, 1.165) is 0 Å². The number of aromatic nitrogens is 2. The number of aryl methyl sites for hydroxylation is 1. The number of carbonyl (C=O) groups is 1. The average molecular weight is 303 g/mol. The highest BCUT2D eigenvalue weighted by Crippen LogP contribution is 2.19. The Morgan fingerprint density at radius 1 is 1.60 bits per heavy atom. The second-order valence-electron chi connectivity index (χ2n) is 4.49. The molecule has 2 heterocycles. The van der Waals surface area contributed by atoms with E-state index in [-0.39, 0.29) is 31.0 Å². The van der Waals surface area contributed by atoms with Crippen molar-refractivity contribution in [3.8, 4) is 0 Å². The number of sulfonamides is 1. The quantitative estimate of drug-likeness (QED) is 0.688. The van der Waals surface area contributed by atoms with Crippen LogP contribution < -0.4 is 0 Å². The van der Waals surface area contributed by atoms with Crippen LogP contribution in [0.2, 0.25) is 0 Å². The Morgan fingerprint density at radius 3 is 2.95 bits per heavy atom. The number of nitrogens with zero attached hydrogens (tertiary/aromatic N) is 3. The molecular weight excluding hydrogens is 286 g/mol. The van der Waals surface area contributed by atoms with Crippen LogP contribution in [-0.4, -0.2) is 61.4 Å². The van der Waals surface area contributed by atoms with Gasteiger partial charge in [0, 0.05) is 26.3 Å². The van der Waals surface area contributed by atoms with Crippen LogP contribution in [0, 0.1) is 0 Å². The van der Waals surface area contributed by atoms with Gasteiger partial charge in [-0.25, -0.2) is 8.42 Å². The second-order valence-corrected chi connectivity index (χ2v) is 6.42. The van der Waals surface area contributed by atoms with Crippen LogP contribution >= 0.6 is 0 Å². The van der Waals surface area contributed by atoms with Crippen LogP contribution in [0.4, 0.5) is 0 Å². The average Bonchev–Trinajstić information content (AvgIpc) is 2.86. The first-order chi connectivity index (χ1) is 9.43. The van der Waals surface area contributed by atoms with Gasteiger partial charge in [0.05, 0.1) is 32.4 Å².